The molecule has 1 aliphatic rings. The molecule has 0 saturated heterocycles. The molecular formula is C23H23N3O5S. The molecule has 2 aromatic carbocycles. The van der Waals surface area contributed by atoms with Crippen LogP contribution >= 0.6 is 0 Å². The number of carbonyl (C=O) groups is 1. The van der Waals surface area contributed by atoms with Gasteiger partial charge in [-0.05, 0) is 60.9 Å². The molecular weight excluding hydrogens is 430 g/mol. The highest BCUT2D eigenvalue weighted by molar-refractivity contribution is 7.92. The number of ether oxygens (including phenoxy) is 2. The predicted molar refractivity (Wildman–Crippen MR) is 121 cm³/mol. The van der Waals surface area contributed by atoms with Gasteiger partial charge in [0.15, 0.2) is 11.5 Å². The van der Waals surface area contributed by atoms with Gasteiger partial charge in [-0.25, -0.2) is 8.42 Å². The van der Waals surface area contributed by atoms with Gasteiger partial charge in [-0.15, -0.1) is 0 Å². The van der Waals surface area contributed by atoms with E-state index in [0.717, 1.165) is 24.1 Å². The Bertz CT molecular complexity index is 1250. The molecule has 1 N–H and O–H groups in total. The van der Waals surface area contributed by atoms with Crippen molar-refractivity contribution in [1.82, 2.24) is 4.98 Å². The van der Waals surface area contributed by atoms with E-state index >= 15 is 0 Å². The topological polar surface area (TPSA) is 97.8 Å². The lowest BCUT2D eigenvalue weighted by Gasteiger charge is -2.30. The van der Waals surface area contributed by atoms with Gasteiger partial charge in [-0.2, -0.15) is 0 Å². The number of rotatable bonds is 6. The molecule has 4 rings (SSSR count). The van der Waals surface area contributed by atoms with Gasteiger partial charge in [-0.3, -0.25) is 14.5 Å². The van der Waals surface area contributed by atoms with E-state index < -0.39 is 10.0 Å². The van der Waals surface area contributed by atoms with Crippen molar-refractivity contribution in [3.05, 3.63) is 72.1 Å². The number of anilines is 2. The Hall–Kier alpha value is -3.59. The zero-order chi connectivity index (χ0) is 22.7. The van der Waals surface area contributed by atoms with E-state index in [4.69, 9.17) is 9.47 Å². The van der Waals surface area contributed by atoms with Crippen molar-refractivity contribution in [2.75, 3.05) is 30.4 Å². The van der Waals surface area contributed by atoms with Crippen LogP contribution in [-0.4, -0.2) is 40.1 Å². The van der Waals surface area contributed by atoms with Gasteiger partial charge in [0, 0.05) is 36.4 Å². The van der Waals surface area contributed by atoms with Gasteiger partial charge in [0.25, 0.3) is 15.9 Å². The van der Waals surface area contributed by atoms with E-state index in [1.165, 1.54) is 26.4 Å². The van der Waals surface area contributed by atoms with Crippen LogP contribution in [0, 0.1) is 0 Å². The summed E-state index contributed by atoms with van der Waals surface area (Å²) >= 11 is 0. The summed E-state index contributed by atoms with van der Waals surface area (Å²) in [5, 5.41) is 0. The van der Waals surface area contributed by atoms with Crippen LogP contribution in [0.3, 0.4) is 0 Å². The second-order valence-electron chi connectivity index (χ2n) is 7.27. The quantitative estimate of drug-likeness (QED) is 0.614. The van der Waals surface area contributed by atoms with Crippen molar-refractivity contribution in [1.29, 1.82) is 0 Å². The molecule has 0 spiro atoms. The van der Waals surface area contributed by atoms with Crippen LogP contribution in [0.1, 0.15) is 22.3 Å². The number of nitrogens with zero attached hydrogens (tertiary/aromatic N) is 2. The van der Waals surface area contributed by atoms with E-state index in [0.29, 0.717) is 29.3 Å². The highest BCUT2D eigenvalue weighted by Gasteiger charge is 2.25. The smallest absolute Gasteiger partial charge is 0.262 e. The van der Waals surface area contributed by atoms with Gasteiger partial charge < -0.3 is 14.4 Å². The Morgan fingerprint density at radius 2 is 1.88 bits per heavy atom. The standard InChI is InChI=1S/C23H23N3O5S/c1-30-21-10-8-19(14-22(21)31-2)32(28,29)25-18-7-9-20-16(13-18)6-4-12-26(20)23(27)17-5-3-11-24-15-17/h3,5,7-11,13-15,25H,4,6,12H2,1-2H3. The van der Waals surface area contributed by atoms with Crippen molar-refractivity contribution < 1.29 is 22.7 Å². The highest BCUT2D eigenvalue weighted by Crippen LogP contribution is 2.33. The third kappa shape index (κ3) is 4.24. The fraction of sp³-hybridized carbons (Fsp3) is 0.217. The van der Waals surface area contributed by atoms with Crippen LogP contribution in [0.5, 0.6) is 11.5 Å². The number of nitrogens with one attached hydrogen (secondary N) is 1. The maximum absolute atomic E-state index is 12.9. The van der Waals surface area contributed by atoms with Crippen LogP contribution in [0.25, 0.3) is 0 Å². The maximum atomic E-state index is 12.9. The van der Waals surface area contributed by atoms with Gasteiger partial charge in [0.2, 0.25) is 0 Å². The zero-order valence-electron chi connectivity index (χ0n) is 17.7. The predicted octanol–water partition coefficient (Wildman–Crippen LogP) is 3.49. The van der Waals surface area contributed by atoms with E-state index in [9.17, 15) is 13.2 Å². The summed E-state index contributed by atoms with van der Waals surface area (Å²) in [4.78, 5) is 18.7. The summed E-state index contributed by atoms with van der Waals surface area (Å²) in [5.41, 5.74) is 2.62. The second-order valence-corrected chi connectivity index (χ2v) is 8.95. The maximum Gasteiger partial charge on any atom is 0.262 e. The number of carbonyl (C=O) groups excluding carboxylic acids is 1. The average molecular weight is 454 g/mol. The van der Waals surface area contributed by atoms with Crippen molar-refractivity contribution in [3.8, 4) is 11.5 Å². The zero-order valence-corrected chi connectivity index (χ0v) is 18.6. The van der Waals surface area contributed by atoms with Crippen molar-refractivity contribution in [3.63, 3.8) is 0 Å². The van der Waals surface area contributed by atoms with Crippen LogP contribution < -0.4 is 19.1 Å². The molecule has 166 valence electrons. The summed E-state index contributed by atoms with van der Waals surface area (Å²) in [6, 6.07) is 13.1. The molecule has 0 aliphatic carbocycles. The first-order chi connectivity index (χ1) is 15.4. The number of amides is 1. The SMILES string of the molecule is COc1ccc(S(=O)(=O)Nc2ccc3c(c2)CCCN3C(=O)c2cccnc2)cc1OC. The van der Waals surface area contributed by atoms with E-state index in [-0.39, 0.29) is 10.8 Å². The molecule has 32 heavy (non-hydrogen) atoms. The second kappa shape index (κ2) is 8.88. The lowest BCUT2D eigenvalue weighted by atomic mass is 10.0. The third-order valence-corrected chi connectivity index (χ3v) is 6.65. The fourth-order valence-corrected chi connectivity index (χ4v) is 4.78. The normalized spacial score (nSPS) is 13.2. The number of aryl methyl sites for hydroxylation is 1. The number of sulfonamides is 1. The van der Waals surface area contributed by atoms with Crippen LogP contribution in [0.4, 0.5) is 11.4 Å². The molecule has 0 bridgehead atoms. The Kier molecular flexibility index (Phi) is 6.00. The molecule has 0 atom stereocenters. The van der Waals surface area contributed by atoms with Crippen LogP contribution in [-0.2, 0) is 16.4 Å². The van der Waals surface area contributed by atoms with E-state index in [1.54, 1.807) is 53.7 Å². The van der Waals surface area contributed by atoms with Gasteiger partial charge in [0.05, 0.1) is 24.7 Å². The number of pyridine rings is 1. The molecule has 8 nitrogen and oxygen atoms in total. The lowest BCUT2D eigenvalue weighted by Crippen LogP contribution is -2.35. The van der Waals surface area contributed by atoms with Crippen LogP contribution in [0.15, 0.2) is 65.8 Å². The molecule has 1 amide bonds. The third-order valence-electron chi connectivity index (χ3n) is 5.27. The fourth-order valence-electron chi connectivity index (χ4n) is 3.71. The molecule has 0 radical (unpaired) electrons. The minimum Gasteiger partial charge on any atom is -0.493 e. The summed E-state index contributed by atoms with van der Waals surface area (Å²) in [7, 11) is -0.911. The van der Waals surface area contributed by atoms with Gasteiger partial charge >= 0.3 is 0 Å². The minimum atomic E-state index is -3.84. The Balaban J connectivity index is 1.60. The molecule has 3 aromatic rings. The van der Waals surface area contributed by atoms with Crippen molar-refractivity contribution in [2.24, 2.45) is 0 Å². The first-order valence-corrected chi connectivity index (χ1v) is 11.5. The molecule has 1 aromatic heterocycles. The van der Waals surface area contributed by atoms with Crippen molar-refractivity contribution in [2.45, 2.75) is 17.7 Å². The van der Waals surface area contributed by atoms with Crippen LogP contribution in [0.2, 0.25) is 0 Å². The highest BCUT2D eigenvalue weighted by atomic mass is 32.2. The lowest BCUT2D eigenvalue weighted by molar-refractivity contribution is 0.0984. The van der Waals surface area contributed by atoms with Gasteiger partial charge in [0.1, 0.15) is 0 Å². The first kappa shape index (κ1) is 21.6. The van der Waals surface area contributed by atoms with E-state index in [2.05, 4.69) is 9.71 Å². The summed E-state index contributed by atoms with van der Waals surface area (Å²) in [5.74, 6) is 0.640. The number of hydrogen-bond acceptors (Lipinski definition) is 6. The van der Waals surface area contributed by atoms with Gasteiger partial charge in [-0.1, -0.05) is 0 Å². The first-order valence-electron chi connectivity index (χ1n) is 10.0. The average Bonchev–Trinajstić information content (AvgIpc) is 2.82. The number of fused-ring (bicyclic) bond motifs is 1. The molecule has 0 saturated carbocycles. The summed E-state index contributed by atoms with van der Waals surface area (Å²) < 4.78 is 38.8. The minimum absolute atomic E-state index is 0.0567. The molecule has 0 unspecified atom stereocenters. The summed E-state index contributed by atoms with van der Waals surface area (Å²) in [6.07, 6.45) is 4.70. The summed E-state index contributed by atoms with van der Waals surface area (Å²) in [6.45, 7) is 0.595. The Morgan fingerprint density at radius 1 is 1.06 bits per heavy atom. The number of benzene rings is 2. The Morgan fingerprint density at radius 3 is 2.59 bits per heavy atom. The monoisotopic (exact) mass is 453 g/mol. The number of hydrogen-bond donors (Lipinski definition) is 1. The van der Waals surface area contributed by atoms with Crippen molar-refractivity contribution >= 4 is 27.3 Å². The largest absolute Gasteiger partial charge is 0.493 e. The number of aromatic nitrogens is 1. The number of methoxy groups -OCH3 is 2. The molecule has 9 heteroatoms. The van der Waals surface area contributed by atoms with E-state index in [1.807, 2.05) is 0 Å². The molecule has 2 heterocycles. The molecule has 0 fully saturated rings. The Labute approximate surface area is 186 Å². The molecule has 1 aliphatic heterocycles.